The molecular weight excluding hydrogens is 812 g/mol. The zero-order chi connectivity index (χ0) is 40.0. The highest BCUT2D eigenvalue weighted by Crippen LogP contribution is 2.51. The molecule has 0 amide bonds. The summed E-state index contributed by atoms with van der Waals surface area (Å²) in [5.41, 5.74) is -4.28. The van der Waals surface area contributed by atoms with Crippen LogP contribution >= 0.6 is 46.4 Å². The Balaban J connectivity index is 0.000000208. The first-order chi connectivity index (χ1) is 25.1. The summed E-state index contributed by atoms with van der Waals surface area (Å²) >= 11 is 23.4. The normalized spacial score (nSPS) is 19.6. The maximum absolute atomic E-state index is 13.9. The van der Waals surface area contributed by atoms with Gasteiger partial charge in [0.2, 0.25) is 0 Å². The molecule has 2 N–H and O–H groups in total. The minimum Gasteiger partial charge on any atom is -0.478 e. The minimum atomic E-state index is -4.79. The molecule has 0 saturated heterocycles. The number of hydrogen-bond donors (Lipinski definition) is 2. The first kappa shape index (κ1) is 40.7. The van der Waals surface area contributed by atoms with Gasteiger partial charge in [-0.05, 0) is 96.8 Å². The van der Waals surface area contributed by atoms with E-state index >= 15 is 0 Å². The van der Waals surface area contributed by atoms with Gasteiger partial charge < -0.3 is 19.9 Å². The van der Waals surface area contributed by atoms with Crippen molar-refractivity contribution in [3.63, 3.8) is 0 Å². The monoisotopic (exact) mass is 834 g/mol. The molecule has 284 valence electrons. The van der Waals surface area contributed by atoms with E-state index in [1.54, 1.807) is 13.8 Å². The maximum Gasteiger partial charge on any atom is 0.435 e. The fraction of sp³-hybridized carbons (Fsp3) is 0.222. The molecule has 0 radical (unpaired) electrons. The summed E-state index contributed by atoms with van der Waals surface area (Å²) in [5.74, 6) is -2.25. The van der Waals surface area contributed by atoms with Gasteiger partial charge in [-0.3, -0.25) is 0 Å². The molecule has 0 aliphatic carbocycles. The summed E-state index contributed by atoms with van der Waals surface area (Å²) < 4.78 is 83.6. The molecule has 0 bridgehead atoms. The third kappa shape index (κ3) is 7.97. The Labute approximate surface area is 322 Å². The van der Waals surface area contributed by atoms with E-state index in [9.17, 15) is 35.9 Å². The molecule has 2 aliphatic heterocycles. The first-order valence-corrected chi connectivity index (χ1v) is 16.8. The Morgan fingerprint density at radius 3 is 1.17 bits per heavy atom. The lowest BCUT2D eigenvalue weighted by Gasteiger charge is -2.29. The number of carboxylic acids is 2. The van der Waals surface area contributed by atoms with E-state index < -0.39 is 48.3 Å². The zero-order valence-electron chi connectivity index (χ0n) is 27.5. The number of alkyl halides is 6. The van der Waals surface area contributed by atoms with Crippen molar-refractivity contribution in [2.24, 2.45) is 10.3 Å². The fourth-order valence-electron chi connectivity index (χ4n) is 5.86. The average molecular weight is 836 g/mol. The Kier molecular flexibility index (Phi) is 11.3. The van der Waals surface area contributed by atoms with Gasteiger partial charge in [0.25, 0.3) is 11.2 Å². The molecule has 0 saturated carbocycles. The topological polar surface area (TPSA) is 118 Å². The Hall–Kier alpha value is -4.50. The molecule has 2 atom stereocenters. The third-order valence-corrected chi connectivity index (χ3v) is 9.48. The van der Waals surface area contributed by atoms with E-state index in [0.29, 0.717) is 22.3 Å². The van der Waals surface area contributed by atoms with Crippen LogP contribution in [0.3, 0.4) is 0 Å². The number of benzene rings is 4. The van der Waals surface area contributed by atoms with E-state index in [4.69, 9.17) is 66.3 Å². The molecule has 18 heteroatoms. The smallest absolute Gasteiger partial charge is 0.435 e. The quantitative estimate of drug-likeness (QED) is 0.187. The number of halogens is 10. The highest BCUT2D eigenvalue weighted by molar-refractivity contribution is 6.35. The van der Waals surface area contributed by atoms with Crippen molar-refractivity contribution in [3.8, 4) is 0 Å². The number of nitrogens with zero attached hydrogens (tertiary/aromatic N) is 2. The van der Waals surface area contributed by atoms with Crippen LogP contribution in [0.1, 0.15) is 66.9 Å². The van der Waals surface area contributed by atoms with Gasteiger partial charge in [-0.25, -0.2) is 9.59 Å². The van der Waals surface area contributed by atoms with Crippen molar-refractivity contribution in [2.75, 3.05) is 0 Å². The van der Waals surface area contributed by atoms with Crippen LogP contribution in [0, 0.1) is 13.8 Å². The Bertz CT molecular complexity index is 2030. The fourth-order valence-corrected chi connectivity index (χ4v) is 6.91. The summed E-state index contributed by atoms with van der Waals surface area (Å²) in [6.07, 6.45) is -10.8. The first-order valence-electron chi connectivity index (χ1n) is 15.3. The number of aromatic carboxylic acids is 2. The van der Waals surface area contributed by atoms with Gasteiger partial charge in [0.05, 0.1) is 22.6 Å². The number of aryl methyl sites for hydroxylation is 2. The predicted octanol–water partition coefficient (Wildman–Crippen LogP) is 11.2. The van der Waals surface area contributed by atoms with Crippen LogP contribution in [-0.4, -0.2) is 45.9 Å². The molecule has 0 aromatic heterocycles. The van der Waals surface area contributed by atoms with Gasteiger partial charge in [-0.15, -0.1) is 0 Å². The highest BCUT2D eigenvalue weighted by Gasteiger charge is 2.63. The lowest BCUT2D eigenvalue weighted by Crippen LogP contribution is -2.42. The third-order valence-electron chi connectivity index (χ3n) is 8.61. The summed E-state index contributed by atoms with van der Waals surface area (Å²) in [6, 6.07) is 15.5. The number of carbonyl (C=O) groups is 2. The van der Waals surface area contributed by atoms with Crippen LogP contribution in [0.15, 0.2) is 83.1 Å². The summed E-state index contributed by atoms with van der Waals surface area (Å²) in [7, 11) is 0. The molecule has 2 aliphatic rings. The second-order valence-corrected chi connectivity index (χ2v) is 14.0. The van der Waals surface area contributed by atoms with Crippen LogP contribution < -0.4 is 0 Å². The van der Waals surface area contributed by atoms with Gasteiger partial charge in [-0.1, -0.05) is 68.8 Å². The number of carboxylic acid groups (broad SMARTS) is 2. The lowest BCUT2D eigenvalue weighted by molar-refractivity contribution is -0.276. The maximum atomic E-state index is 13.9. The van der Waals surface area contributed by atoms with Crippen molar-refractivity contribution in [1.29, 1.82) is 0 Å². The van der Waals surface area contributed by atoms with E-state index in [2.05, 4.69) is 10.3 Å². The van der Waals surface area contributed by atoms with Gasteiger partial charge in [0.1, 0.15) is 0 Å². The molecular formula is C36H24Cl4F6N2O6. The van der Waals surface area contributed by atoms with Gasteiger partial charge >= 0.3 is 24.3 Å². The molecule has 8 nitrogen and oxygen atoms in total. The van der Waals surface area contributed by atoms with E-state index in [-0.39, 0.29) is 53.8 Å². The van der Waals surface area contributed by atoms with Gasteiger partial charge in [0.15, 0.2) is 0 Å². The molecule has 6 rings (SSSR count). The molecule has 0 spiro atoms. The van der Waals surface area contributed by atoms with E-state index in [1.165, 1.54) is 48.5 Å². The number of oxime groups is 2. The van der Waals surface area contributed by atoms with Crippen molar-refractivity contribution >= 4 is 69.8 Å². The molecule has 4 aromatic rings. The number of rotatable bonds is 6. The van der Waals surface area contributed by atoms with Crippen LogP contribution in [-0.2, 0) is 20.9 Å². The molecule has 2 unspecified atom stereocenters. The zero-order valence-corrected chi connectivity index (χ0v) is 30.6. The molecule has 54 heavy (non-hydrogen) atoms. The van der Waals surface area contributed by atoms with Crippen molar-refractivity contribution in [1.82, 2.24) is 0 Å². The van der Waals surface area contributed by atoms with E-state index in [0.717, 1.165) is 24.3 Å². The standard InChI is InChI=1S/2C18H12Cl2F3NO3/c2*1-9-4-10(2-3-14(9)16(25)26)15-8-17(27-24-15,18(21,22)23)11-5-12(19)7-13(20)6-11/h2*2-7H,8H2,1H3,(H,25,26). The van der Waals surface area contributed by atoms with Crippen LogP contribution in [0.4, 0.5) is 26.3 Å². The average Bonchev–Trinajstić information content (AvgIpc) is 3.72. The van der Waals surface area contributed by atoms with Crippen LogP contribution in [0.25, 0.3) is 0 Å². The molecule has 4 aromatic carbocycles. The van der Waals surface area contributed by atoms with Crippen molar-refractivity contribution < 1.29 is 55.8 Å². The van der Waals surface area contributed by atoms with Crippen molar-refractivity contribution in [3.05, 3.63) is 137 Å². The summed E-state index contributed by atoms with van der Waals surface area (Å²) in [6.45, 7) is 3.11. The SMILES string of the molecule is Cc1cc(C2=NOC(c3cc(Cl)cc(Cl)c3)(C(F)(F)F)C2)ccc1C(=O)O.Cc1cc(C2=NOC(c3cc(Cl)cc(Cl)c3)(C(F)(F)F)C2)ccc1C(=O)O. The second kappa shape index (κ2) is 15.0. The second-order valence-electron chi connectivity index (χ2n) is 12.2. The minimum absolute atomic E-state index is 0.0415. The van der Waals surface area contributed by atoms with Crippen molar-refractivity contribution in [2.45, 2.75) is 50.2 Å². The van der Waals surface area contributed by atoms with Crippen LogP contribution in [0.5, 0.6) is 0 Å². The Morgan fingerprint density at radius 2 is 0.907 bits per heavy atom. The lowest BCUT2D eigenvalue weighted by atomic mass is 9.86. The predicted molar refractivity (Wildman–Crippen MR) is 189 cm³/mol. The molecule has 0 fully saturated rings. The van der Waals surface area contributed by atoms with E-state index in [1.807, 2.05) is 0 Å². The Morgan fingerprint density at radius 1 is 0.593 bits per heavy atom. The summed E-state index contributed by atoms with van der Waals surface area (Å²) in [4.78, 5) is 32.0. The van der Waals surface area contributed by atoms with Gasteiger partial charge in [-0.2, -0.15) is 26.3 Å². The number of hydrogen-bond acceptors (Lipinski definition) is 6. The van der Waals surface area contributed by atoms with Gasteiger partial charge in [0, 0.05) is 44.1 Å². The summed E-state index contributed by atoms with van der Waals surface area (Å²) in [5, 5.41) is 25.6. The van der Waals surface area contributed by atoms with Crippen LogP contribution in [0.2, 0.25) is 20.1 Å². The molecule has 2 heterocycles. The highest BCUT2D eigenvalue weighted by atomic mass is 35.5. The largest absolute Gasteiger partial charge is 0.478 e.